The number of nitrogens with zero attached hydrogens (tertiary/aromatic N) is 2. The van der Waals surface area contributed by atoms with Crippen LogP contribution in [-0.4, -0.2) is 20.9 Å². The molecule has 0 radical (unpaired) electrons. The van der Waals surface area contributed by atoms with Crippen molar-refractivity contribution in [1.29, 1.82) is 0 Å². The Morgan fingerprint density at radius 1 is 0.963 bits per heavy atom. The van der Waals surface area contributed by atoms with E-state index in [1.54, 1.807) is 42.7 Å². The lowest BCUT2D eigenvalue weighted by Gasteiger charge is -2.27. The molecule has 1 atom stereocenters. The Balaban J connectivity index is 1.85. The highest BCUT2D eigenvalue weighted by atomic mass is 19.1. The van der Waals surface area contributed by atoms with Crippen LogP contribution in [0.25, 0.3) is 5.57 Å². The van der Waals surface area contributed by atoms with Crippen LogP contribution in [0.1, 0.15) is 22.7 Å². The third-order valence-electron chi connectivity index (χ3n) is 4.69. The monoisotopic (exact) mass is 360 g/mol. The first-order valence-corrected chi connectivity index (χ1v) is 8.59. The molecule has 27 heavy (non-hydrogen) atoms. The number of hydrogen-bond donors (Lipinski definition) is 1. The van der Waals surface area contributed by atoms with Crippen molar-refractivity contribution in [3.05, 3.63) is 107 Å². The number of rotatable bonds is 4. The van der Waals surface area contributed by atoms with E-state index in [0.29, 0.717) is 16.7 Å². The molecule has 4 nitrogen and oxygen atoms in total. The lowest BCUT2D eigenvalue weighted by molar-refractivity contribution is -0.130. The largest absolute Gasteiger partial charge is 0.503 e. The maximum absolute atomic E-state index is 14.6. The molecule has 0 saturated heterocycles. The van der Waals surface area contributed by atoms with Crippen molar-refractivity contribution in [1.82, 2.24) is 9.88 Å². The van der Waals surface area contributed by atoms with Crippen molar-refractivity contribution in [3.8, 4) is 0 Å². The molecule has 2 aromatic carbocycles. The van der Waals surface area contributed by atoms with E-state index < -0.39 is 17.8 Å². The Morgan fingerprint density at radius 2 is 1.63 bits per heavy atom. The van der Waals surface area contributed by atoms with E-state index >= 15 is 0 Å². The summed E-state index contributed by atoms with van der Waals surface area (Å²) in [6.45, 7) is 0.237. The first-order chi connectivity index (χ1) is 13.2. The van der Waals surface area contributed by atoms with Gasteiger partial charge in [-0.1, -0.05) is 48.5 Å². The summed E-state index contributed by atoms with van der Waals surface area (Å²) in [6, 6.07) is 18.3. The maximum Gasteiger partial charge on any atom is 0.290 e. The Bertz CT molecular complexity index is 1000. The van der Waals surface area contributed by atoms with Gasteiger partial charge in [-0.05, 0) is 29.3 Å². The average molecular weight is 360 g/mol. The van der Waals surface area contributed by atoms with Gasteiger partial charge in [-0.25, -0.2) is 4.39 Å². The van der Waals surface area contributed by atoms with Crippen LogP contribution in [0, 0.1) is 5.82 Å². The summed E-state index contributed by atoms with van der Waals surface area (Å²) in [5.41, 5.74) is 2.30. The zero-order valence-electron chi connectivity index (χ0n) is 14.4. The quantitative estimate of drug-likeness (QED) is 0.756. The topological polar surface area (TPSA) is 53.4 Å². The molecule has 0 spiro atoms. The number of carbonyl (C=O) groups is 1. The van der Waals surface area contributed by atoms with Gasteiger partial charge in [0.05, 0.1) is 6.04 Å². The van der Waals surface area contributed by atoms with E-state index in [1.165, 1.54) is 11.0 Å². The molecule has 2 heterocycles. The number of hydrogen-bond acceptors (Lipinski definition) is 3. The zero-order valence-corrected chi connectivity index (χ0v) is 14.4. The average Bonchev–Trinajstić information content (AvgIpc) is 2.95. The summed E-state index contributed by atoms with van der Waals surface area (Å²) in [4.78, 5) is 18.3. The van der Waals surface area contributed by atoms with Crippen molar-refractivity contribution in [3.63, 3.8) is 0 Å². The highest BCUT2D eigenvalue weighted by Crippen LogP contribution is 2.44. The third kappa shape index (κ3) is 3.08. The minimum Gasteiger partial charge on any atom is -0.503 e. The molecular formula is C22H17FN2O2. The molecule has 0 bridgehead atoms. The molecule has 0 saturated carbocycles. The summed E-state index contributed by atoms with van der Waals surface area (Å²) in [7, 11) is 0. The van der Waals surface area contributed by atoms with Gasteiger partial charge in [0.25, 0.3) is 5.91 Å². The lowest BCUT2D eigenvalue weighted by Crippen LogP contribution is -2.30. The Labute approximate surface area is 156 Å². The fraction of sp³-hybridized carbons (Fsp3) is 0.0909. The van der Waals surface area contributed by atoms with E-state index in [-0.39, 0.29) is 12.3 Å². The second kappa shape index (κ2) is 7.03. The van der Waals surface area contributed by atoms with Gasteiger partial charge in [-0.3, -0.25) is 9.78 Å². The van der Waals surface area contributed by atoms with E-state index in [4.69, 9.17) is 0 Å². The van der Waals surface area contributed by atoms with Crippen LogP contribution in [0.5, 0.6) is 0 Å². The smallest absolute Gasteiger partial charge is 0.290 e. The second-order valence-electron chi connectivity index (χ2n) is 6.34. The number of aromatic nitrogens is 1. The molecule has 1 aliphatic heterocycles. The number of aliphatic hydroxyl groups is 1. The lowest BCUT2D eigenvalue weighted by atomic mass is 9.93. The van der Waals surface area contributed by atoms with Crippen LogP contribution < -0.4 is 0 Å². The molecule has 1 aliphatic rings. The van der Waals surface area contributed by atoms with Crippen LogP contribution >= 0.6 is 0 Å². The summed E-state index contributed by atoms with van der Waals surface area (Å²) < 4.78 is 14.6. The molecule has 0 fully saturated rings. The van der Waals surface area contributed by atoms with Gasteiger partial charge >= 0.3 is 0 Å². The van der Waals surface area contributed by atoms with Gasteiger partial charge in [0.15, 0.2) is 5.76 Å². The van der Waals surface area contributed by atoms with Gasteiger partial charge < -0.3 is 10.0 Å². The number of amides is 1. The molecule has 1 unspecified atom stereocenters. The summed E-state index contributed by atoms with van der Waals surface area (Å²) in [5.74, 6) is -1.28. The molecule has 3 aromatic rings. The number of aliphatic hydroxyl groups excluding tert-OH is 1. The molecular weight excluding hydrogens is 343 g/mol. The first-order valence-electron chi connectivity index (χ1n) is 8.59. The standard InChI is InChI=1S/C22H17FN2O2/c23-18-9-5-4-8-17(18)20-19(16-6-2-1-3-7-16)21(26)22(27)25(20)14-15-10-12-24-13-11-15/h1-13,20,26H,14H2. The summed E-state index contributed by atoms with van der Waals surface area (Å²) in [5, 5.41) is 10.6. The molecule has 1 amide bonds. The molecule has 1 aromatic heterocycles. The van der Waals surface area contributed by atoms with E-state index in [0.717, 1.165) is 5.56 Å². The Hall–Kier alpha value is -3.47. The minimum absolute atomic E-state index is 0.237. The summed E-state index contributed by atoms with van der Waals surface area (Å²) >= 11 is 0. The maximum atomic E-state index is 14.6. The van der Waals surface area contributed by atoms with Crippen molar-refractivity contribution < 1.29 is 14.3 Å². The predicted molar refractivity (Wildman–Crippen MR) is 99.9 cm³/mol. The number of carbonyl (C=O) groups excluding carboxylic acids is 1. The number of halogens is 1. The van der Waals surface area contributed by atoms with E-state index in [9.17, 15) is 14.3 Å². The van der Waals surface area contributed by atoms with Crippen molar-refractivity contribution >= 4 is 11.5 Å². The highest BCUT2D eigenvalue weighted by molar-refractivity contribution is 6.05. The number of pyridine rings is 1. The van der Waals surface area contributed by atoms with Crippen molar-refractivity contribution in [2.75, 3.05) is 0 Å². The summed E-state index contributed by atoms with van der Waals surface area (Å²) in [6.07, 6.45) is 3.28. The van der Waals surface area contributed by atoms with Crippen LogP contribution in [0.2, 0.25) is 0 Å². The van der Waals surface area contributed by atoms with Crippen molar-refractivity contribution in [2.24, 2.45) is 0 Å². The Kier molecular flexibility index (Phi) is 4.42. The highest BCUT2D eigenvalue weighted by Gasteiger charge is 2.41. The fourth-order valence-corrected chi connectivity index (χ4v) is 3.43. The van der Waals surface area contributed by atoms with Gasteiger partial charge in [0.1, 0.15) is 5.82 Å². The minimum atomic E-state index is -0.714. The van der Waals surface area contributed by atoms with E-state index in [1.807, 2.05) is 30.3 Å². The fourth-order valence-electron chi connectivity index (χ4n) is 3.43. The molecule has 1 N–H and O–H groups in total. The van der Waals surface area contributed by atoms with Crippen LogP contribution in [0.3, 0.4) is 0 Å². The van der Waals surface area contributed by atoms with E-state index in [2.05, 4.69) is 4.98 Å². The van der Waals surface area contributed by atoms with Crippen molar-refractivity contribution in [2.45, 2.75) is 12.6 Å². The van der Waals surface area contributed by atoms with Gasteiger partial charge in [-0.2, -0.15) is 0 Å². The normalized spacial score (nSPS) is 16.9. The van der Waals surface area contributed by atoms with Gasteiger partial charge in [0.2, 0.25) is 0 Å². The molecule has 5 heteroatoms. The predicted octanol–water partition coefficient (Wildman–Crippen LogP) is 4.27. The third-order valence-corrected chi connectivity index (χ3v) is 4.69. The van der Waals surface area contributed by atoms with Gasteiger partial charge in [0, 0.05) is 30.1 Å². The van der Waals surface area contributed by atoms with Crippen LogP contribution in [-0.2, 0) is 11.3 Å². The molecule has 4 rings (SSSR count). The SMILES string of the molecule is O=C1C(O)=C(c2ccccc2)C(c2ccccc2F)N1Cc1ccncc1. The second-order valence-corrected chi connectivity index (χ2v) is 6.34. The van der Waals surface area contributed by atoms with Gasteiger partial charge in [-0.15, -0.1) is 0 Å². The Morgan fingerprint density at radius 3 is 2.33 bits per heavy atom. The first kappa shape index (κ1) is 17.0. The molecule has 134 valence electrons. The molecule has 0 aliphatic carbocycles. The zero-order chi connectivity index (χ0) is 18.8. The number of benzene rings is 2. The van der Waals surface area contributed by atoms with Crippen LogP contribution in [0.15, 0.2) is 84.9 Å². The van der Waals surface area contributed by atoms with Crippen LogP contribution in [0.4, 0.5) is 4.39 Å².